The van der Waals surface area contributed by atoms with Crippen molar-refractivity contribution in [2.45, 2.75) is 39.2 Å². The molecule has 1 aliphatic rings. The normalized spacial score (nSPS) is 14.0. The van der Waals surface area contributed by atoms with Gasteiger partial charge in [0.05, 0.1) is 13.1 Å². The number of nitrogens with zero attached hydrogens (tertiary/aromatic N) is 2. The minimum Gasteiger partial charge on any atom is -0.508 e. The van der Waals surface area contributed by atoms with E-state index in [-0.39, 0.29) is 11.6 Å². The number of benzene rings is 3. The number of hydrogen-bond acceptors (Lipinski definition) is 4. The molecule has 0 spiro atoms. The van der Waals surface area contributed by atoms with Gasteiger partial charge in [0.15, 0.2) is 0 Å². The van der Waals surface area contributed by atoms with Crippen LogP contribution in [0.4, 0.5) is 9.18 Å². The molecule has 3 aromatic rings. The second kappa shape index (κ2) is 8.61. The van der Waals surface area contributed by atoms with Crippen molar-refractivity contribution in [1.82, 2.24) is 4.90 Å². The monoisotopic (exact) mass is 434 g/mol. The molecule has 0 atom stereocenters. The summed E-state index contributed by atoms with van der Waals surface area (Å²) >= 11 is 0. The van der Waals surface area contributed by atoms with Crippen LogP contribution in [0.2, 0.25) is 0 Å². The SMILES string of the molecule is CC(C)(C)OC(=O)N1CCN=C1c1cccc(F)c1CCc1c(O)ccc2ccccc12. The van der Waals surface area contributed by atoms with Crippen molar-refractivity contribution >= 4 is 22.7 Å². The van der Waals surface area contributed by atoms with Gasteiger partial charge in [0.1, 0.15) is 23.0 Å². The number of carbonyl (C=O) groups is 1. The summed E-state index contributed by atoms with van der Waals surface area (Å²) in [6, 6.07) is 16.2. The van der Waals surface area contributed by atoms with E-state index in [0.717, 1.165) is 16.3 Å². The Bertz CT molecular complexity index is 1200. The van der Waals surface area contributed by atoms with Gasteiger partial charge in [-0.3, -0.25) is 9.89 Å². The predicted molar refractivity (Wildman–Crippen MR) is 124 cm³/mol. The van der Waals surface area contributed by atoms with Gasteiger partial charge in [0.25, 0.3) is 0 Å². The highest BCUT2D eigenvalue weighted by molar-refractivity contribution is 6.08. The molecule has 1 heterocycles. The molecule has 32 heavy (non-hydrogen) atoms. The van der Waals surface area contributed by atoms with Crippen LogP contribution in [-0.4, -0.2) is 40.6 Å². The summed E-state index contributed by atoms with van der Waals surface area (Å²) in [6.45, 7) is 6.26. The van der Waals surface area contributed by atoms with E-state index in [0.29, 0.717) is 42.9 Å². The highest BCUT2D eigenvalue weighted by Crippen LogP contribution is 2.30. The van der Waals surface area contributed by atoms with Gasteiger partial charge in [-0.25, -0.2) is 9.18 Å². The lowest BCUT2D eigenvalue weighted by Crippen LogP contribution is -2.39. The van der Waals surface area contributed by atoms with Gasteiger partial charge < -0.3 is 9.84 Å². The van der Waals surface area contributed by atoms with E-state index < -0.39 is 11.7 Å². The molecular weight excluding hydrogens is 407 g/mol. The number of aliphatic imine (C=N–C) groups is 1. The number of amidine groups is 1. The first kappa shape index (κ1) is 21.8. The second-order valence-corrected chi connectivity index (χ2v) is 8.89. The summed E-state index contributed by atoms with van der Waals surface area (Å²) in [7, 11) is 0. The van der Waals surface area contributed by atoms with Gasteiger partial charge >= 0.3 is 6.09 Å². The lowest BCUT2D eigenvalue weighted by atomic mass is 9.95. The van der Waals surface area contributed by atoms with E-state index in [9.17, 15) is 14.3 Å². The molecule has 1 amide bonds. The molecule has 3 aromatic carbocycles. The first-order valence-corrected chi connectivity index (χ1v) is 10.8. The van der Waals surface area contributed by atoms with Gasteiger partial charge in [-0.15, -0.1) is 0 Å². The Balaban J connectivity index is 1.65. The molecule has 6 heteroatoms. The first-order valence-electron chi connectivity index (χ1n) is 10.8. The standard InChI is InChI=1S/C26H27FN2O3/c1-26(2,3)32-25(31)29-16-15-28-24(29)21-9-6-10-22(27)19(21)12-13-20-18-8-5-4-7-17(18)11-14-23(20)30/h4-11,14,30H,12-13,15-16H2,1-3H3. The molecule has 4 rings (SSSR count). The van der Waals surface area contributed by atoms with E-state index >= 15 is 0 Å². The molecule has 1 N–H and O–H groups in total. The van der Waals surface area contributed by atoms with Crippen LogP contribution in [0.15, 0.2) is 59.6 Å². The van der Waals surface area contributed by atoms with E-state index in [1.165, 1.54) is 11.0 Å². The summed E-state index contributed by atoms with van der Waals surface area (Å²) in [5.74, 6) is 0.257. The average molecular weight is 435 g/mol. The molecule has 0 bridgehead atoms. The third-order valence-electron chi connectivity index (χ3n) is 5.46. The number of rotatable bonds is 4. The van der Waals surface area contributed by atoms with Gasteiger partial charge in [-0.2, -0.15) is 0 Å². The molecule has 0 fully saturated rings. The molecule has 0 aliphatic carbocycles. The number of aromatic hydroxyl groups is 1. The van der Waals surface area contributed by atoms with Gasteiger partial charge in [0.2, 0.25) is 0 Å². The molecular formula is C26H27FN2O3. The first-order chi connectivity index (χ1) is 15.2. The Morgan fingerprint density at radius 1 is 1.06 bits per heavy atom. The number of ether oxygens (including phenoxy) is 1. The third-order valence-corrected chi connectivity index (χ3v) is 5.46. The molecule has 5 nitrogen and oxygen atoms in total. The largest absolute Gasteiger partial charge is 0.508 e. The molecule has 0 aromatic heterocycles. The van der Waals surface area contributed by atoms with E-state index in [4.69, 9.17) is 4.74 Å². The number of halogens is 1. The van der Waals surface area contributed by atoms with Crippen LogP contribution in [-0.2, 0) is 17.6 Å². The Labute approximate surface area is 187 Å². The highest BCUT2D eigenvalue weighted by Gasteiger charge is 2.31. The van der Waals surface area contributed by atoms with Gasteiger partial charge in [-0.05, 0) is 62.1 Å². The van der Waals surface area contributed by atoms with E-state index in [1.54, 1.807) is 18.2 Å². The van der Waals surface area contributed by atoms with Crippen LogP contribution >= 0.6 is 0 Å². The molecule has 0 radical (unpaired) electrons. The minimum absolute atomic E-state index is 0.190. The van der Waals surface area contributed by atoms with Crippen molar-refractivity contribution in [2.75, 3.05) is 13.1 Å². The van der Waals surface area contributed by atoms with Crippen LogP contribution in [0, 0.1) is 5.82 Å². The maximum atomic E-state index is 15.0. The maximum Gasteiger partial charge on any atom is 0.416 e. The summed E-state index contributed by atoms with van der Waals surface area (Å²) in [5.41, 5.74) is 1.18. The lowest BCUT2D eigenvalue weighted by Gasteiger charge is -2.26. The number of carbonyl (C=O) groups excluding carboxylic acids is 1. The summed E-state index contributed by atoms with van der Waals surface area (Å²) in [6.07, 6.45) is 0.307. The molecule has 1 aliphatic heterocycles. The predicted octanol–water partition coefficient (Wildman–Crippen LogP) is 5.47. The van der Waals surface area contributed by atoms with E-state index in [2.05, 4.69) is 4.99 Å². The Hall–Kier alpha value is -3.41. The fourth-order valence-electron chi connectivity index (χ4n) is 4.03. The minimum atomic E-state index is -0.637. The zero-order valence-corrected chi connectivity index (χ0v) is 18.6. The van der Waals surface area contributed by atoms with Crippen LogP contribution in [0.1, 0.15) is 37.5 Å². The van der Waals surface area contributed by atoms with Crippen molar-refractivity contribution in [3.05, 3.63) is 77.1 Å². The zero-order valence-electron chi connectivity index (χ0n) is 18.6. The summed E-state index contributed by atoms with van der Waals surface area (Å²) < 4.78 is 20.5. The number of hydrogen-bond donors (Lipinski definition) is 1. The number of amides is 1. The Morgan fingerprint density at radius 2 is 1.81 bits per heavy atom. The van der Waals surface area contributed by atoms with E-state index in [1.807, 2.05) is 51.1 Å². The maximum absolute atomic E-state index is 15.0. The number of phenols is 1. The molecule has 0 unspecified atom stereocenters. The molecule has 0 saturated carbocycles. The summed E-state index contributed by atoms with van der Waals surface area (Å²) in [4.78, 5) is 18.7. The van der Waals surface area contributed by atoms with Crippen LogP contribution in [0.25, 0.3) is 10.8 Å². The number of phenolic OH excluding ortho intramolecular Hbond substituents is 1. The highest BCUT2D eigenvalue weighted by atomic mass is 19.1. The fraction of sp³-hybridized carbons (Fsp3) is 0.308. The quantitative estimate of drug-likeness (QED) is 0.593. The smallest absolute Gasteiger partial charge is 0.416 e. The van der Waals surface area contributed by atoms with Crippen LogP contribution < -0.4 is 0 Å². The van der Waals surface area contributed by atoms with Gasteiger partial charge in [-0.1, -0.05) is 42.5 Å². The Morgan fingerprint density at radius 3 is 2.59 bits per heavy atom. The lowest BCUT2D eigenvalue weighted by molar-refractivity contribution is 0.0384. The van der Waals surface area contributed by atoms with Gasteiger partial charge in [0, 0.05) is 11.1 Å². The zero-order chi connectivity index (χ0) is 22.9. The average Bonchev–Trinajstić information content (AvgIpc) is 3.22. The van der Waals surface area contributed by atoms with Crippen molar-refractivity contribution in [3.8, 4) is 5.75 Å². The summed E-state index contributed by atoms with van der Waals surface area (Å²) in [5, 5.41) is 12.4. The topological polar surface area (TPSA) is 62.1 Å². The molecule has 0 saturated heterocycles. The number of aryl methyl sites for hydroxylation is 1. The van der Waals surface area contributed by atoms with Crippen molar-refractivity contribution in [1.29, 1.82) is 0 Å². The molecule has 166 valence electrons. The Kier molecular flexibility index (Phi) is 5.87. The van der Waals surface area contributed by atoms with Crippen LogP contribution in [0.3, 0.4) is 0 Å². The van der Waals surface area contributed by atoms with Crippen LogP contribution in [0.5, 0.6) is 5.75 Å². The van der Waals surface area contributed by atoms with Crippen molar-refractivity contribution in [2.24, 2.45) is 4.99 Å². The fourth-order valence-corrected chi connectivity index (χ4v) is 4.03. The van der Waals surface area contributed by atoms with Crippen molar-refractivity contribution in [3.63, 3.8) is 0 Å². The number of fused-ring (bicyclic) bond motifs is 1. The van der Waals surface area contributed by atoms with Crippen molar-refractivity contribution < 1.29 is 19.0 Å². The third kappa shape index (κ3) is 4.44. The second-order valence-electron chi connectivity index (χ2n) is 8.89.